The molecule has 1 aromatic rings. The Morgan fingerprint density at radius 1 is 1.18 bits per heavy atom. The van der Waals surface area contributed by atoms with Crippen molar-refractivity contribution in [2.24, 2.45) is 0 Å². The SMILES string of the molecule is CCCSc1cc(N(CC)CC)nc(SC)n1. The quantitative estimate of drug-likeness (QED) is 0.430. The number of nitrogens with zero attached hydrogens (tertiary/aromatic N) is 3. The molecule has 0 fully saturated rings. The predicted octanol–water partition coefficient (Wildman–Crippen LogP) is 3.55. The average molecular weight is 271 g/mol. The summed E-state index contributed by atoms with van der Waals surface area (Å²) in [6, 6.07) is 2.10. The van der Waals surface area contributed by atoms with Gasteiger partial charge in [0.2, 0.25) is 0 Å². The topological polar surface area (TPSA) is 29.0 Å². The maximum Gasteiger partial charge on any atom is 0.190 e. The van der Waals surface area contributed by atoms with Gasteiger partial charge in [-0.25, -0.2) is 9.97 Å². The summed E-state index contributed by atoms with van der Waals surface area (Å²) in [5.41, 5.74) is 0. The smallest absolute Gasteiger partial charge is 0.190 e. The van der Waals surface area contributed by atoms with Crippen LogP contribution in [0.4, 0.5) is 5.82 Å². The molecule has 0 amide bonds. The van der Waals surface area contributed by atoms with Crippen LogP contribution in [0, 0.1) is 0 Å². The molecule has 17 heavy (non-hydrogen) atoms. The molecule has 0 atom stereocenters. The van der Waals surface area contributed by atoms with Crippen molar-refractivity contribution >= 4 is 29.3 Å². The molecule has 3 nitrogen and oxygen atoms in total. The van der Waals surface area contributed by atoms with E-state index in [9.17, 15) is 0 Å². The van der Waals surface area contributed by atoms with E-state index in [-0.39, 0.29) is 0 Å². The minimum Gasteiger partial charge on any atom is -0.357 e. The van der Waals surface area contributed by atoms with Crippen molar-refractivity contribution < 1.29 is 0 Å². The maximum absolute atomic E-state index is 4.57. The maximum atomic E-state index is 4.57. The Balaban J connectivity index is 2.95. The zero-order valence-corrected chi connectivity index (χ0v) is 12.7. The van der Waals surface area contributed by atoms with Gasteiger partial charge in [0, 0.05) is 19.2 Å². The standard InChI is InChI=1S/C12H21N3S2/c1-5-8-17-11-9-10(15(6-2)7-3)13-12(14-11)16-4/h9H,5-8H2,1-4H3. The Morgan fingerprint density at radius 3 is 2.41 bits per heavy atom. The van der Waals surface area contributed by atoms with Gasteiger partial charge < -0.3 is 4.90 Å². The lowest BCUT2D eigenvalue weighted by atomic mass is 10.4. The summed E-state index contributed by atoms with van der Waals surface area (Å²) in [6.07, 6.45) is 3.19. The number of thioether (sulfide) groups is 2. The number of rotatable bonds is 7. The van der Waals surface area contributed by atoms with Crippen molar-refractivity contribution in [2.45, 2.75) is 37.4 Å². The third kappa shape index (κ3) is 4.39. The van der Waals surface area contributed by atoms with Crippen LogP contribution in [0.25, 0.3) is 0 Å². The summed E-state index contributed by atoms with van der Waals surface area (Å²) in [4.78, 5) is 11.4. The van der Waals surface area contributed by atoms with E-state index in [1.54, 1.807) is 11.8 Å². The summed E-state index contributed by atoms with van der Waals surface area (Å²) in [5, 5.41) is 1.96. The lowest BCUT2D eigenvalue weighted by molar-refractivity contribution is 0.799. The van der Waals surface area contributed by atoms with Crippen LogP contribution in [0.15, 0.2) is 16.2 Å². The summed E-state index contributed by atoms with van der Waals surface area (Å²) in [7, 11) is 0. The second-order valence-electron chi connectivity index (χ2n) is 3.57. The van der Waals surface area contributed by atoms with E-state index in [0.29, 0.717) is 0 Å². The molecule has 1 aromatic heterocycles. The van der Waals surface area contributed by atoms with Crippen molar-refractivity contribution in [1.82, 2.24) is 9.97 Å². The van der Waals surface area contributed by atoms with E-state index < -0.39 is 0 Å². The second kappa shape index (κ2) is 7.82. The van der Waals surface area contributed by atoms with Crippen LogP contribution in [0.5, 0.6) is 0 Å². The second-order valence-corrected chi connectivity index (χ2v) is 5.46. The number of hydrogen-bond acceptors (Lipinski definition) is 5. The largest absolute Gasteiger partial charge is 0.357 e. The molecule has 5 heteroatoms. The van der Waals surface area contributed by atoms with E-state index in [1.165, 1.54) is 6.42 Å². The average Bonchev–Trinajstić information content (AvgIpc) is 2.37. The van der Waals surface area contributed by atoms with Gasteiger partial charge in [-0.05, 0) is 32.3 Å². The number of hydrogen-bond donors (Lipinski definition) is 0. The molecule has 1 rings (SSSR count). The van der Waals surface area contributed by atoms with Crippen LogP contribution in [0.1, 0.15) is 27.2 Å². The van der Waals surface area contributed by atoms with Crippen LogP contribution in [-0.2, 0) is 0 Å². The van der Waals surface area contributed by atoms with E-state index in [1.807, 2.05) is 18.0 Å². The Kier molecular flexibility index (Phi) is 6.73. The molecule has 0 aliphatic rings. The molecule has 0 aromatic carbocycles. The minimum atomic E-state index is 0.869. The summed E-state index contributed by atoms with van der Waals surface area (Å²) >= 11 is 3.42. The van der Waals surface area contributed by atoms with Crippen molar-refractivity contribution in [1.29, 1.82) is 0 Å². The first-order valence-corrected chi connectivity index (χ1v) is 8.26. The molecule has 0 saturated heterocycles. The predicted molar refractivity (Wildman–Crippen MR) is 78.4 cm³/mol. The molecule has 0 aliphatic carbocycles. The van der Waals surface area contributed by atoms with Crippen molar-refractivity contribution in [3.63, 3.8) is 0 Å². The van der Waals surface area contributed by atoms with Gasteiger partial charge in [-0.3, -0.25) is 0 Å². The Labute approximate surface area is 113 Å². The third-order valence-electron chi connectivity index (χ3n) is 2.39. The molecule has 1 heterocycles. The number of aromatic nitrogens is 2. The van der Waals surface area contributed by atoms with Crippen LogP contribution >= 0.6 is 23.5 Å². The van der Waals surface area contributed by atoms with Gasteiger partial charge in [0.15, 0.2) is 5.16 Å². The van der Waals surface area contributed by atoms with Gasteiger partial charge in [0.1, 0.15) is 10.8 Å². The minimum absolute atomic E-state index is 0.869. The van der Waals surface area contributed by atoms with Gasteiger partial charge in [0.25, 0.3) is 0 Å². The summed E-state index contributed by atoms with van der Waals surface area (Å²) < 4.78 is 0. The molecule has 0 spiro atoms. The normalized spacial score (nSPS) is 10.6. The Hall–Kier alpha value is -0.420. The molecular weight excluding hydrogens is 250 g/mol. The fourth-order valence-electron chi connectivity index (χ4n) is 1.47. The Morgan fingerprint density at radius 2 is 1.88 bits per heavy atom. The van der Waals surface area contributed by atoms with Crippen molar-refractivity contribution in [3.8, 4) is 0 Å². The zero-order valence-electron chi connectivity index (χ0n) is 11.1. The zero-order chi connectivity index (χ0) is 12.7. The van der Waals surface area contributed by atoms with Crippen LogP contribution in [-0.4, -0.2) is 35.1 Å². The van der Waals surface area contributed by atoms with Crippen LogP contribution in [0.2, 0.25) is 0 Å². The van der Waals surface area contributed by atoms with Crippen LogP contribution < -0.4 is 4.90 Å². The first kappa shape index (κ1) is 14.6. The molecule has 96 valence electrons. The molecule has 0 saturated carbocycles. The van der Waals surface area contributed by atoms with Crippen molar-refractivity contribution in [2.75, 3.05) is 30.0 Å². The molecular formula is C12H21N3S2. The first-order chi connectivity index (χ1) is 8.24. The van der Waals surface area contributed by atoms with E-state index in [4.69, 9.17) is 0 Å². The molecule has 0 unspecified atom stereocenters. The van der Waals surface area contributed by atoms with Gasteiger partial charge in [-0.1, -0.05) is 18.7 Å². The molecule has 0 radical (unpaired) electrons. The highest BCUT2D eigenvalue weighted by molar-refractivity contribution is 7.99. The first-order valence-electron chi connectivity index (χ1n) is 6.05. The highest BCUT2D eigenvalue weighted by Gasteiger charge is 2.08. The fraction of sp³-hybridized carbons (Fsp3) is 0.667. The van der Waals surface area contributed by atoms with Gasteiger partial charge in [-0.15, -0.1) is 11.8 Å². The summed E-state index contributed by atoms with van der Waals surface area (Å²) in [5.74, 6) is 2.16. The monoisotopic (exact) mass is 271 g/mol. The third-order valence-corrected chi connectivity index (χ3v) is 4.06. The fourth-order valence-corrected chi connectivity index (χ4v) is 2.66. The van der Waals surface area contributed by atoms with E-state index in [0.717, 1.165) is 34.8 Å². The Bertz CT molecular complexity index is 341. The summed E-state index contributed by atoms with van der Waals surface area (Å²) in [6.45, 7) is 8.47. The van der Waals surface area contributed by atoms with Crippen molar-refractivity contribution in [3.05, 3.63) is 6.07 Å². The lowest BCUT2D eigenvalue weighted by Crippen LogP contribution is -2.23. The molecule has 0 bridgehead atoms. The van der Waals surface area contributed by atoms with E-state index >= 15 is 0 Å². The van der Waals surface area contributed by atoms with Crippen LogP contribution in [0.3, 0.4) is 0 Å². The van der Waals surface area contributed by atoms with Gasteiger partial charge >= 0.3 is 0 Å². The number of anilines is 1. The van der Waals surface area contributed by atoms with E-state index in [2.05, 4.69) is 41.7 Å². The highest BCUT2D eigenvalue weighted by atomic mass is 32.2. The molecule has 0 aliphatic heterocycles. The molecule has 0 N–H and O–H groups in total. The van der Waals surface area contributed by atoms with Gasteiger partial charge in [-0.2, -0.15) is 0 Å². The lowest BCUT2D eigenvalue weighted by Gasteiger charge is -2.20. The highest BCUT2D eigenvalue weighted by Crippen LogP contribution is 2.24. The van der Waals surface area contributed by atoms with Gasteiger partial charge in [0.05, 0.1) is 0 Å².